The van der Waals surface area contributed by atoms with Crippen molar-refractivity contribution in [3.05, 3.63) is 0 Å². The molecule has 0 amide bonds. The zero-order valence-corrected chi connectivity index (χ0v) is 11.9. The second-order valence-electron chi connectivity index (χ2n) is 3.80. The van der Waals surface area contributed by atoms with Crippen LogP contribution in [0.25, 0.3) is 0 Å². The molecule has 22 heavy (non-hydrogen) atoms. The van der Waals surface area contributed by atoms with Gasteiger partial charge in [0.05, 0.1) is 7.11 Å². The average molecular weight is 318 g/mol. The Kier molecular flexibility index (Phi) is 8.75. The molecule has 0 saturated carbocycles. The lowest BCUT2D eigenvalue weighted by Crippen LogP contribution is -2.23. The van der Waals surface area contributed by atoms with Gasteiger partial charge in [-0.15, -0.1) is 0 Å². The summed E-state index contributed by atoms with van der Waals surface area (Å²) in [6, 6.07) is 0. The summed E-state index contributed by atoms with van der Waals surface area (Å²) in [4.78, 5) is 65.5. The average Bonchev–Trinajstić information content (AvgIpc) is 2.41. The molecule has 0 aliphatic carbocycles. The molecule has 0 heterocycles. The van der Waals surface area contributed by atoms with Crippen LogP contribution in [0.5, 0.6) is 0 Å². The molecule has 0 radical (unpaired) electrons. The second kappa shape index (κ2) is 10.0. The van der Waals surface area contributed by atoms with E-state index in [0.29, 0.717) is 0 Å². The second-order valence-corrected chi connectivity index (χ2v) is 3.80. The van der Waals surface area contributed by atoms with E-state index in [1.54, 1.807) is 0 Å². The Morgan fingerprint density at radius 2 is 1.18 bits per heavy atom. The van der Waals surface area contributed by atoms with Crippen molar-refractivity contribution in [2.24, 2.45) is 0 Å². The van der Waals surface area contributed by atoms with Crippen LogP contribution in [0, 0.1) is 0 Å². The van der Waals surface area contributed by atoms with Crippen molar-refractivity contribution < 1.29 is 47.7 Å². The molecule has 10 nitrogen and oxygen atoms in total. The Morgan fingerprint density at radius 1 is 0.682 bits per heavy atom. The molecule has 122 valence electrons. The molecule has 0 saturated heterocycles. The first-order chi connectivity index (χ1) is 10.2. The highest BCUT2D eigenvalue weighted by atomic mass is 16.6. The Morgan fingerprint density at radius 3 is 1.64 bits per heavy atom. The van der Waals surface area contributed by atoms with Gasteiger partial charge in [-0.25, -0.2) is 9.59 Å². The fraction of sp³-hybridized carbons (Fsp3) is 0.500. The van der Waals surface area contributed by atoms with Crippen molar-refractivity contribution in [1.29, 1.82) is 0 Å². The van der Waals surface area contributed by atoms with Crippen LogP contribution in [0.1, 0.15) is 19.8 Å². The molecule has 0 rings (SSSR count). The van der Waals surface area contributed by atoms with Gasteiger partial charge in [0.2, 0.25) is 0 Å². The Bertz CT molecular complexity index is 478. The first-order valence-corrected chi connectivity index (χ1v) is 5.85. The summed E-state index contributed by atoms with van der Waals surface area (Å²) in [6.45, 7) is -0.442. The maximum atomic E-state index is 11.1. The van der Waals surface area contributed by atoms with Crippen molar-refractivity contribution >= 4 is 35.6 Å². The maximum Gasteiger partial charge on any atom is 0.351 e. The van der Waals surface area contributed by atoms with Gasteiger partial charge in [0.1, 0.15) is 18.6 Å². The Labute approximate surface area is 124 Å². The topological polar surface area (TPSA) is 139 Å². The zero-order chi connectivity index (χ0) is 17.1. The van der Waals surface area contributed by atoms with E-state index in [9.17, 15) is 28.8 Å². The van der Waals surface area contributed by atoms with Crippen LogP contribution in [0.15, 0.2) is 0 Å². The van der Waals surface area contributed by atoms with E-state index < -0.39 is 61.7 Å². The number of esters is 5. The molecule has 0 bridgehead atoms. The molecule has 0 aromatic rings. The molecule has 0 aliphatic heterocycles. The van der Waals surface area contributed by atoms with Gasteiger partial charge in [-0.05, 0) is 6.92 Å². The third-order valence-corrected chi connectivity index (χ3v) is 1.84. The number of ether oxygens (including phenoxy) is 4. The highest BCUT2D eigenvalue weighted by molar-refractivity contribution is 5.98. The summed E-state index contributed by atoms with van der Waals surface area (Å²) in [5.41, 5.74) is 0. The van der Waals surface area contributed by atoms with Crippen LogP contribution in [-0.4, -0.2) is 56.0 Å². The lowest BCUT2D eigenvalue weighted by atomic mass is 10.3. The van der Waals surface area contributed by atoms with Crippen LogP contribution in [0.4, 0.5) is 0 Å². The fourth-order valence-electron chi connectivity index (χ4n) is 0.953. The van der Waals surface area contributed by atoms with E-state index in [-0.39, 0.29) is 0 Å². The number of rotatable bonds is 8. The van der Waals surface area contributed by atoms with Crippen LogP contribution < -0.4 is 0 Å². The minimum Gasteiger partial charge on any atom is -0.466 e. The SMILES string of the molecule is COC(=O)COC(=O)CC(=O)OCC(=O)OC(=O)CC(C)=O. The van der Waals surface area contributed by atoms with Crippen molar-refractivity contribution in [3.63, 3.8) is 0 Å². The van der Waals surface area contributed by atoms with Crippen molar-refractivity contribution in [3.8, 4) is 0 Å². The first kappa shape index (κ1) is 19.2. The molecule has 10 heteroatoms. The van der Waals surface area contributed by atoms with E-state index in [0.717, 1.165) is 14.0 Å². The number of Topliss-reactive ketones (excluding diaryl/α,β-unsaturated/α-hetero) is 1. The molecule has 0 aromatic carbocycles. The number of methoxy groups -OCH3 is 1. The quantitative estimate of drug-likeness (QED) is 0.301. The molecule has 0 spiro atoms. The third kappa shape index (κ3) is 10.1. The van der Waals surface area contributed by atoms with Gasteiger partial charge in [0.15, 0.2) is 13.2 Å². The fourth-order valence-corrected chi connectivity index (χ4v) is 0.953. The van der Waals surface area contributed by atoms with Gasteiger partial charge >= 0.3 is 29.8 Å². The van der Waals surface area contributed by atoms with E-state index in [1.807, 2.05) is 0 Å². The normalized spacial score (nSPS) is 9.36. The van der Waals surface area contributed by atoms with E-state index in [1.165, 1.54) is 0 Å². The minimum atomic E-state index is -1.19. The van der Waals surface area contributed by atoms with Gasteiger partial charge in [0, 0.05) is 0 Å². The highest BCUT2D eigenvalue weighted by Crippen LogP contribution is 1.94. The third-order valence-electron chi connectivity index (χ3n) is 1.84. The predicted molar refractivity (Wildman–Crippen MR) is 64.9 cm³/mol. The van der Waals surface area contributed by atoms with Crippen LogP contribution in [-0.2, 0) is 47.7 Å². The first-order valence-electron chi connectivity index (χ1n) is 5.85. The standard InChI is InChI=1S/C12H14O10/c1-7(13)3-10(16)22-12(18)6-21-9(15)4-8(14)20-5-11(17)19-2/h3-6H2,1-2H3. The van der Waals surface area contributed by atoms with E-state index >= 15 is 0 Å². The lowest BCUT2D eigenvalue weighted by molar-refractivity contribution is -0.169. The summed E-state index contributed by atoms with van der Waals surface area (Å²) in [6.07, 6.45) is -1.43. The van der Waals surface area contributed by atoms with Crippen LogP contribution >= 0.6 is 0 Å². The van der Waals surface area contributed by atoms with Crippen LogP contribution in [0.2, 0.25) is 0 Å². The smallest absolute Gasteiger partial charge is 0.351 e. The summed E-state index contributed by atoms with van der Waals surface area (Å²) in [5, 5.41) is 0. The molecule has 0 atom stereocenters. The minimum absolute atomic E-state index is 0.497. The maximum absolute atomic E-state index is 11.1. The Balaban J connectivity index is 3.95. The molecule has 0 aromatic heterocycles. The molecular weight excluding hydrogens is 304 g/mol. The summed E-state index contributed by atoms with van der Waals surface area (Å²) in [7, 11) is 1.09. The highest BCUT2D eigenvalue weighted by Gasteiger charge is 2.17. The Hall–Kier alpha value is -2.78. The van der Waals surface area contributed by atoms with Gasteiger partial charge in [0.25, 0.3) is 0 Å². The molecular formula is C12H14O10. The number of carbonyl (C=O) groups excluding carboxylic acids is 6. The predicted octanol–water partition coefficient (Wildman–Crippen LogP) is -1.32. The molecule has 0 N–H and O–H groups in total. The summed E-state index contributed by atoms with van der Waals surface area (Å²) in [5.74, 6) is -5.76. The van der Waals surface area contributed by atoms with Gasteiger partial charge < -0.3 is 18.9 Å². The number of hydrogen-bond donors (Lipinski definition) is 0. The summed E-state index contributed by atoms with van der Waals surface area (Å²) >= 11 is 0. The molecule has 0 unspecified atom stereocenters. The summed E-state index contributed by atoms with van der Waals surface area (Å²) < 4.78 is 17.1. The number of hydrogen-bond acceptors (Lipinski definition) is 10. The molecule has 0 aliphatic rings. The van der Waals surface area contributed by atoms with Gasteiger partial charge in [-0.2, -0.15) is 0 Å². The van der Waals surface area contributed by atoms with E-state index in [2.05, 4.69) is 18.9 Å². The van der Waals surface area contributed by atoms with Crippen molar-refractivity contribution in [2.75, 3.05) is 20.3 Å². The number of ketones is 1. The van der Waals surface area contributed by atoms with E-state index in [4.69, 9.17) is 0 Å². The van der Waals surface area contributed by atoms with Crippen molar-refractivity contribution in [1.82, 2.24) is 0 Å². The zero-order valence-electron chi connectivity index (χ0n) is 11.9. The lowest BCUT2D eigenvalue weighted by Gasteiger charge is -2.05. The monoisotopic (exact) mass is 318 g/mol. The largest absolute Gasteiger partial charge is 0.466 e. The number of carbonyl (C=O) groups is 6. The van der Waals surface area contributed by atoms with Crippen LogP contribution in [0.3, 0.4) is 0 Å². The van der Waals surface area contributed by atoms with Gasteiger partial charge in [-0.1, -0.05) is 0 Å². The van der Waals surface area contributed by atoms with Gasteiger partial charge in [-0.3, -0.25) is 19.2 Å². The molecule has 0 fully saturated rings. The van der Waals surface area contributed by atoms with Crippen molar-refractivity contribution in [2.45, 2.75) is 19.8 Å².